The van der Waals surface area contributed by atoms with Crippen molar-refractivity contribution in [1.29, 1.82) is 0 Å². The topological polar surface area (TPSA) is 143 Å². The SMILES string of the molecule is Cc1nn(C)c(C)c1CCNC(=O)[C@@H]1CC(=O)N[C@H](CC(C)C)C(=O)NCCCOc2ccccc2C(=O)N1. The zero-order valence-corrected chi connectivity index (χ0v) is 23.4. The first kappa shape index (κ1) is 29.7. The number of amides is 4. The minimum Gasteiger partial charge on any atom is -0.493 e. The van der Waals surface area contributed by atoms with Gasteiger partial charge in [-0.3, -0.25) is 23.9 Å². The second kappa shape index (κ2) is 13.8. The molecule has 0 spiro atoms. The van der Waals surface area contributed by atoms with Gasteiger partial charge >= 0.3 is 0 Å². The quantitative estimate of drug-likeness (QED) is 0.435. The minimum atomic E-state index is -1.16. The highest BCUT2D eigenvalue weighted by atomic mass is 16.5. The van der Waals surface area contributed by atoms with Crippen LogP contribution in [0.4, 0.5) is 0 Å². The monoisotopic (exact) mass is 540 g/mol. The summed E-state index contributed by atoms with van der Waals surface area (Å²) in [7, 11) is 1.87. The van der Waals surface area contributed by atoms with Crippen molar-refractivity contribution in [2.45, 2.75) is 65.5 Å². The fraction of sp³-hybridized carbons (Fsp3) is 0.536. The number of carbonyl (C=O) groups is 4. The summed E-state index contributed by atoms with van der Waals surface area (Å²) < 4.78 is 7.60. The van der Waals surface area contributed by atoms with E-state index in [2.05, 4.69) is 26.4 Å². The summed E-state index contributed by atoms with van der Waals surface area (Å²) in [6, 6.07) is 4.81. The summed E-state index contributed by atoms with van der Waals surface area (Å²) in [6.45, 7) is 8.74. The lowest BCUT2D eigenvalue weighted by Gasteiger charge is -2.22. The van der Waals surface area contributed by atoms with Crippen LogP contribution in [0.3, 0.4) is 0 Å². The lowest BCUT2D eigenvalue weighted by atomic mass is 10.0. The minimum absolute atomic E-state index is 0.152. The van der Waals surface area contributed by atoms with Crippen LogP contribution in [0.25, 0.3) is 0 Å². The van der Waals surface area contributed by atoms with Gasteiger partial charge in [0.2, 0.25) is 17.7 Å². The highest BCUT2D eigenvalue weighted by Gasteiger charge is 2.28. The molecule has 0 fully saturated rings. The number of nitrogens with one attached hydrogen (secondary N) is 4. The number of nitrogens with zero attached hydrogens (tertiary/aromatic N) is 2. The molecule has 1 aromatic carbocycles. The number of benzene rings is 1. The Labute approximate surface area is 229 Å². The van der Waals surface area contributed by atoms with E-state index in [1.165, 1.54) is 0 Å². The van der Waals surface area contributed by atoms with Gasteiger partial charge in [-0.2, -0.15) is 5.10 Å². The molecular weight excluding hydrogens is 500 g/mol. The molecule has 0 saturated carbocycles. The predicted molar refractivity (Wildman–Crippen MR) is 146 cm³/mol. The molecule has 4 amide bonds. The molecule has 2 heterocycles. The number of rotatable bonds is 6. The third kappa shape index (κ3) is 8.30. The molecule has 1 aliphatic rings. The highest BCUT2D eigenvalue weighted by molar-refractivity contribution is 6.01. The van der Waals surface area contributed by atoms with Crippen LogP contribution in [0.1, 0.15) is 60.4 Å². The standard InChI is InChI=1S/C28H40N6O5/c1-17(2)15-22-27(37)29-12-8-14-39-24-10-7-6-9-21(24)26(36)32-23(16-25(35)31-22)28(38)30-13-11-20-18(3)33-34(5)19(20)4/h6-7,9-10,17,22-23H,8,11-16H2,1-5H3,(H,29,37)(H,30,38)(H,31,35)(H,32,36)/t22-,23+/m1/s1. The van der Waals surface area contributed by atoms with Gasteiger partial charge in [0.05, 0.1) is 24.3 Å². The van der Waals surface area contributed by atoms with Crippen LogP contribution in [0.15, 0.2) is 24.3 Å². The van der Waals surface area contributed by atoms with Crippen molar-refractivity contribution in [3.8, 4) is 5.75 Å². The van der Waals surface area contributed by atoms with Crippen LogP contribution in [0.2, 0.25) is 0 Å². The number of ether oxygens (including phenoxy) is 1. The van der Waals surface area contributed by atoms with Crippen LogP contribution in [0.5, 0.6) is 5.75 Å². The molecule has 3 rings (SSSR count). The van der Waals surface area contributed by atoms with Gasteiger partial charge in [0, 0.05) is 25.8 Å². The van der Waals surface area contributed by atoms with E-state index >= 15 is 0 Å². The molecule has 11 heteroatoms. The summed E-state index contributed by atoms with van der Waals surface area (Å²) >= 11 is 0. The second-order valence-corrected chi connectivity index (χ2v) is 10.3. The number of aromatic nitrogens is 2. The molecule has 0 bridgehead atoms. The Morgan fingerprint density at radius 1 is 1.18 bits per heavy atom. The first-order valence-electron chi connectivity index (χ1n) is 13.4. The van der Waals surface area contributed by atoms with Gasteiger partial charge in [-0.05, 0) is 56.7 Å². The van der Waals surface area contributed by atoms with Crippen LogP contribution in [-0.4, -0.2) is 65.2 Å². The number of fused-ring (bicyclic) bond motifs is 1. The molecule has 4 N–H and O–H groups in total. The van der Waals surface area contributed by atoms with Crippen molar-refractivity contribution in [3.05, 3.63) is 46.8 Å². The molecule has 2 aromatic rings. The van der Waals surface area contributed by atoms with Crippen LogP contribution >= 0.6 is 0 Å². The molecule has 39 heavy (non-hydrogen) atoms. The Hall–Kier alpha value is -3.89. The summed E-state index contributed by atoms with van der Waals surface area (Å²) in [4.78, 5) is 52.3. The summed E-state index contributed by atoms with van der Waals surface area (Å²) in [5, 5.41) is 15.6. The third-order valence-corrected chi connectivity index (χ3v) is 6.71. The van der Waals surface area contributed by atoms with Crippen LogP contribution in [0, 0.1) is 19.8 Å². The van der Waals surface area contributed by atoms with E-state index in [-0.39, 0.29) is 30.4 Å². The van der Waals surface area contributed by atoms with Gasteiger partial charge in [-0.1, -0.05) is 26.0 Å². The van der Waals surface area contributed by atoms with Crippen LogP contribution < -0.4 is 26.0 Å². The number of hydrogen-bond acceptors (Lipinski definition) is 6. The second-order valence-electron chi connectivity index (χ2n) is 10.3. The molecular formula is C28H40N6O5. The molecule has 11 nitrogen and oxygen atoms in total. The van der Waals surface area contributed by atoms with Crippen molar-refractivity contribution in [3.63, 3.8) is 0 Å². The number of aryl methyl sites for hydroxylation is 2. The average molecular weight is 541 g/mol. The fourth-order valence-electron chi connectivity index (χ4n) is 4.57. The number of para-hydroxylation sites is 1. The van der Waals surface area contributed by atoms with E-state index in [9.17, 15) is 19.2 Å². The van der Waals surface area contributed by atoms with E-state index in [0.29, 0.717) is 38.1 Å². The maximum Gasteiger partial charge on any atom is 0.255 e. The molecule has 212 valence electrons. The van der Waals surface area contributed by atoms with Gasteiger partial charge in [0.1, 0.15) is 17.8 Å². The predicted octanol–water partition coefficient (Wildman–Crippen LogP) is 1.31. The Bertz CT molecular complexity index is 1190. The van der Waals surface area contributed by atoms with E-state index < -0.39 is 29.8 Å². The largest absolute Gasteiger partial charge is 0.493 e. The molecule has 2 atom stereocenters. The van der Waals surface area contributed by atoms with Gasteiger partial charge in [-0.25, -0.2) is 0 Å². The first-order valence-corrected chi connectivity index (χ1v) is 13.4. The van der Waals surface area contributed by atoms with Crippen molar-refractivity contribution in [2.24, 2.45) is 13.0 Å². The van der Waals surface area contributed by atoms with Gasteiger partial charge in [0.25, 0.3) is 5.91 Å². The Morgan fingerprint density at radius 3 is 2.62 bits per heavy atom. The molecule has 0 radical (unpaired) electrons. The van der Waals surface area contributed by atoms with Gasteiger partial charge < -0.3 is 26.0 Å². The number of carbonyl (C=O) groups excluding carboxylic acids is 4. The molecule has 0 saturated heterocycles. The van der Waals surface area contributed by atoms with Crippen molar-refractivity contribution < 1.29 is 23.9 Å². The van der Waals surface area contributed by atoms with E-state index in [4.69, 9.17) is 4.74 Å². The average Bonchev–Trinajstić information content (AvgIpc) is 3.12. The first-order chi connectivity index (χ1) is 18.6. The van der Waals surface area contributed by atoms with Crippen molar-refractivity contribution in [1.82, 2.24) is 31.0 Å². The molecule has 1 aliphatic heterocycles. The zero-order chi connectivity index (χ0) is 28.5. The van der Waals surface area contributed by atoms with Gasteiger partial charge in [-0.15, -0.1) is 0 Å². The summed E-state index contributed by atoms with van der Waals surface area (Å²) in [5.41, 5.74) is 3.19. The lowest BCUT2D eigenvalue weighted by Crippen LogP contribution is -2.52. The maximum absolute atomic E-state index is 13.2. The smallest absolute Gasteiger partial charge is 0.255 e. The summed E-state index contributed by atoms with van der Waals surface area (Å²) in [6.07, 6.45) is 1.18. The summed E-state index contributed by atoms with van der Waals surface area (Å²) in [5.74, 6) is -1.31. The zero-order valence-electron chi connectivity index (χ0n) is 23.4. The van der Waals surface area contributed by atoms with Crippen molar-refractivity contribution >= 4 is 23.6 Å². The van der Waals surface area contributed by atoms with E-state index in [1.54, 1.807) is 28.9 Å². The lowest BCUT2D eigenvalue weighted by molar-refractivity contribution is -0.131. The maximum atomic E-state index is 13.2. The third-order valence-electron chi connectivity index (χ3n) is 6.71. The Kier molecular flexibility index (Phi) is 10.5. The van der Waals surface area contributed by atoms with E-state index in [1.807, 2.05) is 34.7 Å². The number of hydrogen-bond donors (Lipinski definition) is 4. The highest BCUT2D eigenvalue weighted by Crippen LogP contribution is 2.19. The molecule has 1 aromatic heterocycles. The van der Waals surface area contributed by atoms with Crippen LogP contribution in [-0.2, 0) is 27.9 Å². The molecule has 0 unspecified atom stereocenters. The van der Waals surface area contributed by atoms with E-state index in [0.717, 1.165) is 17.0 Å². The van der Waals surface area contributed by atoms with Gasteiger partial charge in [0.15, 0.2) is 0 Å². The normalized spacial score (nSPS) is 19.1. The fourth-order valence-corrected chi connectivity index (χ4v) is 4.57. The van der Waals surface area contributed by atoms with Crippen molar-refractivity contribution in [2.75, 3.05) is 19.7 Å². The Morgan fingerprint density at radius 2 is 1.92 bits per heavy atom. The molecule has 0 aliphatic carbocycles. The Balaban J connectivity index is 1.80.